The minimum Gasteiger partial charge on any atom is -0.358 e. The molecule has 0 amide bonds. The molecule has 0 unspecified atom stereocenters. The van der Waals surface area contributed by atoms with Gasteiger partial charge in [0.1, 0.15) is 5.84 Å². The molecule has 3 aliphatic heterocycles. The molecule has 0 aromatic carbocycles. The molecule has 3 aliphatic rings. The molecule has 0 radical (unpaired) electrons. The van der Waals surface area contributed by atoms with E-state index in [0.717, 1.165) is 57.3 Å². The number of hydrogen-bond acceptors (Lipinski definition) is 5. The summed E-state index contributed by atoms with van der Waals surface area (Å²) in [5.74, 6) is 0.727. The Morgan fingerprint density at radius 2 is 1.39 bits per heavy atom. The van der Waals surface area contributed by atoms with Crippen LogP contribution in [0.4, 0.5) is 0 Å². The van der Waals surface area contributed by atoms with Crippen LogP contribution in [0.5, 0.6) is 0 Å². The number of aliphatic imine (C=N–C) groups is 1. The molecule has 3 saturated heterocycles. The van der Waals surface area contributed by atoms with Crippen LogP contribution in [0.3, 0.4) is 0 Å². The lowest BCUT2D eigenvalue weighted by atomic mass is 9.94. The maximum absolute atomic E-state index is 9.45. The number of nitrogens with zero attached hydrogens (tertiary/aromatic N) is 6. The third-order valence-corrected chi connectivity index (χ3v) is 6.56. The van der Waals surface area contributed by atoms with Crippen LogP contribution in [-0.4, -0.2) is 79.4 Å². The van der Waals surface area contributed by atoms with Crippen molar-refractivity contribution >= 4 is 5.84 Å². The molecule has 154 valence electrons. The monoisotopic (exact) mass is 384 g/mol. The second-order valence-corrected chi connectivity index (χ2v) is 8.63. The molecule has 0 bridgehead atoms. The molecular weight excluding hydrogens is 348 g/mol. The number of hydrogen-bond donors (Lipinski definition) is 0. The highest BCUT2D eigenvalue weighted by Crippen LogP contribution is 2.22. The minimum atomic E-state index is -0.736. The van der Waals surface area contributed by atoms with E-state index in [-0.39, 0.29) is 0 Å². The highest BCUT2D eigenvalue weighted by Gasteiger charge is 2.27. The van der Waals surface area contributed by atoms with E-state index in [4.69, 9.17) is 4.99 Å². The molecule has 0 atom stereocenters. The first-order chi connectivity index (χ1) is 13.8. The number of piperidine rings is 3. The predicted molar refractivity (Wildman–Crippen MR) is 112 cm³/mol. The predicted octanol–water partition coefficient (Wildman–Crippen LogP) is 2.73. The third-order valence-electron chi connectivity index (χ3n) is 6.56. The summed E-state index contributed by atoms with van der Waals surface area (Å²) < 4.78 is 0. The van der Waals surface area contributed by atoms with Crippen molar-refractivity contribution in [2.24, 2.45) is 16.8 Å². The molecule has 0 N–H and O–H groups in total. The Labute approximate surface area is 170 Å². The van der Waals surface area contributed by atoms with E-state index in [1.807, 2.05) is 0 Å². The summed E-state index contributed by atoms with van der Waals surface area (Å²) in [7, 11) is 0. The quantitative estimate of drug-likeness (QED) is 0.520. The first-order valence-electron chi connectivity index (χ1n) is 11.3. The van der Waals surface area contributed by atoms with E-state index < -0.39 is 5.92 Å². The summed E-state index contributed by atoms with van der Waals surface area (Å²) in [5.41, 5.74) is 0. The van der Waals surface area contributed by atoms with Crippen molar-refractivity contribution < 1.29 is 0 Å². The van der Waals surface area contributed by atoms with Gasteiger partial charge in [-0.3, -0.25) is 4.99 Å². The Hall–Kier alpha value is -1.63. The van der Waals surface area contributed by atoms with E-state index in [9.17, 15) is 10.5 Å². The normalized spacial score (nSPS) is 23.5. The summed E-state index contributed by atoms with van der Waals surface area (Å²) in [6.45, 7) is 9.56. The van der Waals surface area contributed by atoms with E-state index in [2.05, 4.69) is 26.8 Å². The third kappa shape index (κ3) is 6.19. The molecule has 28 heavy (non-hydrogen) atoms. The first kappa shape index (κ1) is 21.1. The van der Waals surface area contributed by atoms with Gasteiger partial charge in [0.15, 0.2) is 5.92 Å². The molecular formula is C22H36N6. The van der Waals surface area contributed by atoms with Gasteiger partial charge in [0, 0.05) is 26.2 Å². The zero-order chi connectivity index (χ0) is 19.6. The molecule has 3 heterocycles. The van der Waals surface area contributed by atoms with Gasteiger partial charge in [0.05, 0.1) is 18.7 Å². The van der Waals surface area contributed by atoms with E-state index in [0.29, 0.717) is 6.54 Å². The number of nitriles is 2. The summed E-state index contributed by atoms with van der Waals surface area (Å²) >= 11 is 0. The minimum absolute atomic E-state index is 0.697. The Morgan fingerprint density at radius 1 is 0.821 bits per heavy atom. The lowest BCUT2D eigenvalue weighted by Crippen LogP contribution is -2.44. The van der Waals surface area contributed by atoms with Gasteiger partial charge in [-0.05, 0) is 70.6 Å². The number of likely N-dealkylation sites (tertiary alicyclic amines) is 3. The van der Waals surface area contributed by atoms with Crippen molar-refractivity contribution in [2.75, 3.05) is 58.9 Å². The molecule has 0 aromatic rings. The molecule has 0 aromatic heterocycles. The summed E-state index contributed by atoms with van der Waals surface area (Å²) in [5, 5.41) is 18.9. The van der Waals surface area contributed by atoms with E-state index in [1.54, 1.807) is 0 Å². The fourth-order valence-electron chi connectivity index (χ4n) is 4.86. The van der Waals surface area contributed by atoms with Crippen LogP contribution >= 0.6 is 0 Å². The fourth-order valence-corrected chi connectivity index (χ4v) is 4.86. The largest absolute Gasteiger partial charge is 0.358 e. The van der Waals surface area contributed by atoms with Gasteiger partial charge >= 0.3 is 0 Å². The van der Waals surface area contributed by atoms with Crippen LogP contribution in [0, 0.1) is 34.5 Å². The average molecular weight is 385 g/mol. The Morgan fingerprint density at radius 3 is 1.96 bits per heavy atom. The summed E-state index contributed by atoms with van der Waals surface area (Å²) in [4.78, 5) is 12.1. The van der Waals surface area contributed by atoms with Crippen molar-refractivity contribution in [1.29, 1.82) is 10.5 Å². The lowest BCUT2D eigenvalue weighted by molar-refractivity contribution is 0.157. The Bertz CT molecular complexity index is 555. The fraction of sp³-hybridized carbons (Fsp3) is 0.864. The van der Waals surface area contributed by atoms with Crippen molar-refractivity contribution in [2.45, 2.75) is 51.4 Å². The Kier molecular flexibility index (Phi) is 8.58. The zero-order valence-electron chi connectivity index (χ0n) is 17.4. The zero-order valence-corrected chi connectivity index (χ0v) is 17.4. The molecule has 6 heteroatoms. The molecule has 3 rings (SSSR count). The highest BCUT2D eigenvalue weighted by atomic mass is 15.2. The number of rotatable bonds is 6. The average Bonchev–Trinajstić information content (AvgIpc) is 2.75. The van der Waals surface area contributed by atoms with Crippen LogP contribution in [-0.2, 0) is 0 Å². The van der Waals surface area contributed by atoms with Gasteiger partial charge in [-0.1, -0.05) is 12.8 Å². The van der Waals surface area contributed by atoms with Gasteiger partial charge < -0.3 is 14.7 Å². The van der Waals surface area contributed by atoms with Gasteiger partial charge in [-0.2, -0.15) is 10.5 Å². The second kappa shape index (κ2) is 11.4. The van der Waals surface area contributed by atoms with Gasteiger partial charge in [-0.15, -0.1) is 0 Å². The molecule has 0 saturated carbocycles. The number of amidine groups is 1. The van der Waals surface area contributed by atoms with Crippen LogP contribution in [0.1, 0.15) is 51.4 Å². The van der Waals surface area contributed by atoms with Crippen molar-refractivity contribution in [3.63, 3.8) is 0 Å². The maximum Gasteiger partial charge on any atom is 0.189 e. The molecule has 3 fully saturated rings. The molecule has 0 spiro atoms. The van der Waals surface area contributed by atoms with E-state index in [1.165, 1.54) is 58.2 Å². The van der Waals surface area contributed by atoms with Crippen molar-refractivity contribution in [3.8, 4) is 12.1 Å². The maximum atomic E-state index is 9.45. The Balaban J connectivity index is 1.51. The van der Waals surface area contributed by atoms with Crippen molar-refractivity contribution in [3.05, 3.63) is 0 Å². The SMILES string of the molecule is N#CC(C#N)C(=NCCN1CCCCC1)N1CCC(CN2CCCCC2)CC1. The molecule has 6 nitrogen and oxygen atoms in total. The first-order valence-corrected chi connectivity index (χ1v) is 11.3. The van der Waals surface area contributed by atoms with Gasteiger partial charge in [-0.25, -0.2) is 0 Å². The lowest BCUT2D eigenvalue weighted by Gasteiger charge is -2.37. The van der Waals surface area contributed by atoms with Crippen LogP contribution in [0.2, 0.25) is 0 Å². The smallest absolute Gasteiger partial charge is 0.189 e. The van der Waals surface area contributed by atoms with Crippen LogP contribution < -0.4 is 0 Å². The van der Waals surface area contributed by atoms with Gasteiger partial charge in [0.2, 0.25) is 0 Å². The summed E-state index contributed by atoms with van der Waals surface area (Å²) in [6, 6.07) is 4.32. The van der Waals surface area contributed by atoms with Gasteiger partial charge in [0.25, 0.3) is 0 Å². The van der Waals surface area contributed by atoms with Crippen LogP contribution in [0.25, 0.3) is 0 Å². The summed E-state index contributed by atoms with van der Waals surface area (Å²) in [6.07, 6.45) is 10.3. The topological polar surface area (TPSA) is 69.7 Å². The van der Waals surface area contributed by atoms with Crippen molar-refractivity contribution in [1.82, 2.24) is 14.7 Å². The second-order valence-electron chi connectivity index (χ2n) is 8.63. The van der Waals surface area contributed by atoms with Crippen LogP contribution in [0.15, 0.2) is 4.99 Å². The standard InChI is InChI=1S/C22H36N6/c23-17-21(18-24)22(25-9-16-26-10-3-1-4-11-26)28-14-7-20(8-15-28)19-27-12-5-2-6-13-27/h20-21H,1-16,19H2. The molecule has 0 aliphatic carbocycles. The highest BCUT2D eigenvalue weighted by molar-refractivity contribution is 5.89. The van der Waals surface area contributed by atoms with E-state index >= 15 is 0 Å².